The molecule has 1 saturated heterocycles. The molecule has 1 fully saturated rings. The lowest BCUT2D eigenvalue weighted by Crippen LogP contribution is -2.29. The molecule has 8 heteroatoms. The van der Waals surface area contributed by atoms with Crippen LogP contribution in [0.25, 0.3) is 0 Å². The number of nitrogens with zero attached hydrogens (tertiary/aromatic N) is 3. The number of methoxy groups -OCH3 is 1. The molecule has 32 heavy (non-hydrogen) atoms. The smallest absolute Gasteiger partial charge is 0.250 e. The number of hydrogen-bond acceptors (Lipinski definition) is 4. The van der Waals surface area contributed by atoms with Crippen LogP contribution in [-0.4, -0.2) is 34.3 Å². The van der Waals surface area contributed by atoms with E-state index in [1.807, 2.05) is 42.5 Å². The molecule has 166 valence electrons. The topological polar surface area (TPSA) is 71.4 Å². The van der Waals surface area contributed by atoms with Crippen LogP contribution in [0.4, 0.5) is 11.4 Å². The molecule has 0 bridgehead atoms. The van der Waals surface area contributed by atoms with Crippen LogP contribution < -0.4 is 15.5 Å². The van der Waals surface area contributed by atoms with Gasteiger partial charge < -0.3 is 24.8 Å². The number of carbonyl (C=O) groups excluding carboxylic acids is 1. The highest BCUT2D eigenvalue weighted by Gasteiger charge is 2.42. The number of amides is 1. The van der Waals surface area contributed by atoms with Crippen molar-refractivity contribution in [3.63, 3.8) is 0 Å². The van der Waals surface area contributed by atoms with Crippen molar-refractivity contribution in [3.8, 4) is 0 Å². The second kappa shape index (κ2) is 9.10. The largest absolute Gasteiger partial charge is 0.375 e. The van der Waals surface area contributed by atoms with Crippen molar-refractivity contribution in [1.82, 2.24) is 14.9 Å². The van der Waals surface area contributed by atoms with Gasteiger partial charge in [0.1, 0.15) is 6.61 Å². The lowest BCUT2D eigenvalue weighted by Gasteiger charge is -2.28. The van der Waals surface area contributed by atoms with E-state index < -0.39 is 0 Å². The maximum Gasteiger partial charge on any atom is 0.250 e. The molecule has 0 radical (unpaired) electrons. The average molecular weight is 450 g/mol. The molecule has 0 aliphatic carbocycles. The van der Waals surface area contributed by atoms with Crippen LogP contribution >= 0.6 is 12.2 Å². The van der Waals surface area contributed by atoms with E-state index in [1.165, 1.54) is 24.1 Å². The van der Waals surface area contributed by atoms with E-state index in [1.54, 1.807) is 6.20 Å². The molecule has 3 aromatic rings. The molecule has 1 aliphatic heterocycles. The minimum atomic E-state index is -0.193. The molecule has 2 atom stereocenters. The zero-order chi connectivity index (χ0) is 22.8. The van der Waals surface area contributed by atoms with Gasteiger partial charge in [0.2, 0.25) is 5.91 Å². The minimum absolute atomic E-state index is 0.0162. The number of carbonyl (C=O) groups is 1. The Hall–Kier alpha value is -3.23. The Morgan fingerprint density at radius 2 is 1.97 bits per heavy atom. The highest BCUT2D eigenvalue weighted by molar-refractivity contribution is 7.80. The fourth-order valence-electron chi connectivity index (χ4n) is 4.17. The van der Waals surface area contributed by atoms with Gasteiger partial charge in [-0.3, -0.25) is 9.78 Å². The van der Waals surface area contributed by atoms with Gasteiger partial charge in [-0.05, 0) is 74.1 Å². The zero-order valence-electron chi connectivity index (χ0n) is 18.6. The molecule has 2 aromatic heterocycles. The lowest BCUT2D eigenvalue weighted by molar-refractivity contribution is -0.119. The summed E-state index contributed by atoms with van der Waals surface area (Å²) in [5, 5.41) is 6.95. The number of rotatable bonds is 6. The van der Waals surface area contributed by atoms with Gasteiger partial charge in [0, 0.05) is 43.1 Å². The summed E-state index contributed by atoms with van der Waals surface area (Å²) in [6.07, 6.45) is 1.81. The Balaban J connectivity index is 1.73. The molecule has 0 saturated carbocycles. The Labute approximate surface area is 193 Å². The number of benzene rings is 1. The van der Waals surface area contributed by atoms with Crippen molar-refractivity contribution in [2.75, 3.05) is 23.9 Å². The van der Waals surface area contributed by atoms with Gasteiger partial charge in [-0.25, -0.2) is 0 Å². The lowest BCUT2D eigenvalue weighted by atomic mass is 9.96. The quantitative estimate of drug-likeness (QED) is 0.558. The van der Waals surface area contributed by atoms with Crippen LogP contribution in [0.3, 0.4) is 0 Å². The summed E-state index contributed by atoms with van der Waals surface area (Å²) in [5.74, 6) is -0.193. The van der Waals surface area contributed by atoms with Crippen LogP contribution in [-0.2, 0) is 16.6 Å². The van der Waals surface area contributed by atoms with Crippen LogP contribution in [0, 0.1) is 13.8 Å². The first kappa shape index (κ1) is 22.0. The second-order valence-electron chi connectivity index (χ2n) is 7.91. The van der Waals surface area contributed by atoms with Crippen molar-refractivity contribution in [3.05, 3.63) is 77.4 Å². The van der Waals surface area contributed by atoms with Crippen LogP contribution in [0.15, 0.2) is 54.7 Å². The monoisotopic (exact) mass is 449 g/mol. The van der Waals surface area contributed by atoms with Crippen LogP contribution in [0.2, 0.25) is 0 Å². The zero-order valence-corrected chi connectivity index (χ0v) is 19.4. The molecular weight excluding hydrogens is 422 g/mol. The van der Waals surface area contributed by atoms with Gasteiger partial charge in [-0.2, -0.15) is 0 Å². The number of pyridine rings is 1. The molecule has 0 spiro atoms. The van der Waals surface area contributed by atoms with Crippen molar-refractivity contribution in [2.24, 2.45) is 7.05 Å². The maximum atomic E-state index is 11.8. The third-order valence-corrected chi connectivity index (χ3v) is 6.25. The molecule has 1 aromatic carbocycles. The van der Waals surface area contributed by atoms with Gasteiger partial charge in [0.15, 0.2) is 5.11 Å². The first-order chi connectivity index (χ1) is 15.4. The van der Waals surface area contributed by atoms with E-state index in [2.05, 4.69) is 52.0 Å². The summed E-state index contributed by atoms with van der Waals surface area (Å²) >= 11 is 5.79. The van der Waals surface area contributed by atoms with E-state index in [9.17, 15) is 4.79 Å². The van der Waals surface area contributed by atoms with Gasteiger partial charge >= 0.3 is 0 Å². The summed E-state index contributed by atoms with van der Waals surface area (Å²) in [4.78, 5) is 18.6. The van der Waals surface area contributed by atoms with Crippen molar-refractivity contribution >= 4 is 34.6 Å². The fourth-order valence-corrected chi connectivity index (χ4v) is 4.51. The number of thiocarbonyl (C=S) groups is 1. The van der Waals surface area contributed by atoms with Gasteiger partial charge in [-0.15, -0.1) is 0 Å². The summed E-state index contributed by atoms with van der Waals surface area (Å²) in [7, 11) is 3.57. The molecule has 1 aliphatic rings. The molecule has 1 amide bonds. The Bertz CT molecular complexity index is 1130. The number of nitrogens with one attached hydrogen (secondary N) is 2. The predicted molar refractivity (Wildman–Crippen MR) is 130 cm³/mol. The first-order valence-electron chi connectivity index (χ1n) is 10.4. The van der Waals surface area contributed by atoms with Crippen molar-refractivity contribution in [1.29, 1.82) is 0 Å². The third-order valence-electron chi connectivity index (χ3n) is 5.94. The highest BCUT2D eigenvalue weighted by atomic mass is 32.1. The second-order valence-corrected chi connectivity index (χ2v) is 8.30. The van der Waals surface area contributed by atoms with E-state index in [4.69, 9.17) is 17.0 Å². The molecule has 4 rings (SSSR count). The standard InChI is InChI=1S/C24H27N5O2S/c1-15-13-19(16(2)28(15)3)23-22(20-7-5-6-12-25-20)27-24(32)29(23)18-10-8-17(9-11-18)26-21(30)14-31-4/h5-13,22-23H,14H2,1-4H3,(H,26,30)(H,27,32). The third kappa shape index (κ3) is 4.11. The normalized spacial score (nSPS) is 18.0. The number of aryl methyl sites for hydroxylation is 1. The average Bonchev–Trinajstić information content (AvgIpc) is 3.26. The number of ether oxygens (including phenoxy) is 1. The maximum absolute atomic E-state index is 11.8. The number of hydrogen-bond donors (Lipinski definition) is 2. The van der Waals surface area contributed by atoms with E-state index in [-0.39, 0.29) is 24.6 Å². The first-order valence-corrected chi connectivity index (χ1v) is 10.8. The van der Waals surface area contributed by atoms with E-state index in [0.29, 0.717) is 10.8 Å². The van der Waals surface area contributed by atoms with Crippen LogP contribution in [0.1, 0.15) is 34.7 Å². The van der Waals surface area contributed by atoms with Gasteiger partial charge in [0.05, 0.1) is 17.8 Å². The van der Waals surface area contributed by atoms with Crippen molar-refractivity contribution < 1.29 is 9.53 Å². The minimum Gasteiger partial charge on any atom is -0.375 e. The highest BCUT2D eigenvalue weighted by Crippen LogP contribution is 2.43. The summed E-state index contributed by atoms with van der Waals surface area (Å²) in [6.45, 7) is 4.25. The van der Waals surface area contributed by atoms with Gasteiger partial charge in [-0.1, -0.05) is 6.07 Å². The summed E-state index contributed by atoms with van der Waals surface area (Å²) in [6, 6.07) is 15.7. The van der Waals surface area contributed by atoms with Crippen molar-refractivity contribution in [2.45, 2.75) is 25.9 Å². The Morgan fingerprint density at radius 1 is 1.22 bits per heavy atom. The molecular formula is C24H27N5O2S. The molecule has 7 nitrogen and oxygen atoms in total. The number of aromatic nitrogens is 2. The van der Waals surface area contributed by atoms with E-state index >= 15 is 0 Å². The molecule has 3 heterocycles. The van der Waals surface area contributed by atoms with Gasteiger partial charge in [0.25, 0.3) is 0 Å². The Morgan fingerprint density at radius 3 is 2.56 bits per heavy atom. The van der Waals surface area contributed by atoms with E-state index in [0.717, 1.165) is 11.4 Å². The fraction of sp³-hybridized carbons (Fsp3) is 0.292. The summed E-state index contributed by atoms with van der Waals surface area (Å²) in [5.41, 5.74) is 6.16. The summed E-state index contributed by atoms with van der Waals surface area (Å²) < 4.78 is 7.07. The Kier molecular flexibility index (Phi) is 6.25. The van der Waals surface area contributed by atoms with Crippen LogP contribution in [0.5, 0.6) is 0 Å². The molecule has 2 unspecified atom stereocenters. The molecule has 2 N–H and O–H groups in total. The predicted octanol–water partition coefficient (Wildman–Crippen LogP) is 3.80. The number of anilines is 2. The SMILES string of the molecule is COCC(=O)Nc1ccc(N2C(=S)NC(c3ccccn3)C2c2cc(C)n(C)c2C)cc1.